The summed E-state index contributed by atoms with van der Waals surface area (Å²) in [5, 5.41) is 0.451. The second-order valence-electron chi connectivity index (χ2n) is 1.52. The van der Waals surface area contributed by atoms with Crippen molar-refractivity contribution in [2.24, 2.45) is 0 Å². The summed E-state index contributed by atoms with van der Waals surface area (Å²) in [6, 6.07) is 0.374. The molecule has 0 aromatic carbocycles. The van der Waals surface area contributed by atoms with E-state index in [0.717, 1.165) is 0 Å². The highest BCUT2D eigenvalue weighted by atomic mass is 35.5. The number of thiocarbonyl (C=S) groups is 1. The van der Waals surface area contributed by atoms with Crippen LogP contribution >= 0.6 is 23.8 Å². The molecule has 0 saturated heterocycles. The maximum atomic E-state index is 5.44. The van der Waals surface area contributed by atoms with Crippen LogP contribution in [0.4, 0.5) is 0 Å². The van der Waals surface area contributed by atoms with Crippen molar-refractivity contribution in [1.82, 2.24) is 4.90 Å². The molecule has 0 rings (SSSR count). The number of hydrogen-bond donors (Lipinski definition) is 0. The van der Waals surface area contributed by atoms with Crippen molar-refractivity contribution in [1.29, 1.82) is 0 Å². The van der Waals surface area contributed by atoms with Gasteiger partial charge in [0.25, 0.3) is 5.17 Å². The molecular formula is C5H10ClNOS. The summed E-state index contributed by atoms with van der Waals surface area (Å²) in [7, 11) is 1.78. The molecule has 0 radical (unpaired) electrons. The summed E-state index contributed by atoms with van der Waals surface area (Å²) < 4.78 is 4.97. The Bertz CT molecular complexity index is 99.0. The number of hydrogen-bond acceptors (Lipinski definition) is 2. The van der Waals surface area contributed by atoms with E-state index in [1.807, 2.05) is 6.92 Å². The van der Waals surface area contributed by atoms with E-state index in [4.69, 9.17) is 28.6 Å². The van der Waals surface area contributed by atoms with Gasteiger partial charge < -0.3 is 9.64 Å². The predicted molar refractivity (Wildman–Crippen MR) is 42.7 cm³/mol. The van der Waals surface area contributed by atoms with Crippen LogP contribution in [0, 0.1) is 0 Å². The van der Waals surface area contributed by atoms with E-state index in [0.29, 0.717) is 17.8 Å². The van der Waals surface area contributed by atoms with Crippen LogP contribution in [0.3, 0.4) is 0 Å². The average molecular weight is 168 g/mol. The van der Waals surface area contributed by atoms with Gasteiger partial charge in [0.2, 0.25) is 0 Å². The lowest BCUT2D eigenvalue weighted by molar-refractivity contribution is 0.283. The molecule has 0 saturated carbocycles. The zero-order valence-corrected chi connectivity index (χ0v) is 7.13. The quantitative estimate of drug-likeness (QED) is 0.351. The fourth-order valence-corrected chi connectivity index (χ4v) is 0.644. The Labute approximate surface area is 65.7 Å². The normalized spacial score (nSPS) is 8.78. The lowest BCUT2D eigenvalue weighted by Gasteiger charge is -2.14. The first-order chi connectivity index (χ1) is 4.22. The second kappa shape index (κ2) is 4.82. The van der Waals surface area contributed by atoms with Gasteiger partial charge in [-0.15, -0.1) is 11.6 Å². The maximum Gasteiger partial charge on any atom is 0.260 e. The molecule has 0 amide bonds. The summed E-state index contributed by atoms with van der Waals surface area (Å²) in [5.74, 6) is 0. The van der Waals surface area contributed by atoms with Crippen LogP contribution in [-0.2, 0) is 4.74 Å². The maximum absolute atomic E-state index is 5.44. The smallest absolute Gasteiger partial charge is 0.260 e. The molecule has 54 valence electrons. The van der Waals surface area contributed by atoms with E-state index in [2.05, 4.69) is 0 Å². The third-order valence-electron chi connectivity index (χ3n) is 0.759. The molecule has 2 nitrogen and oxygen atoms in total. The van der Waals surface area contributed by atoms with E-state index in [1.165, 1.54) is 0 Å². The topological polar surface area (TPSA) is 12.5 Å². The molecule has 0 aliphatic rings. The minimum absolute atomic E-state index is 0.374. The molecule has 0 bridgehead atoms. The Balaban J connectivity index is 3.46. The van der Waals surface area contributed by atoms with Gasteiger partial charge in [0, 0.05) is 7.05 Å². The lowest BCUT2D eigenvalue weighted by atomic mass is 10.8. The first-order valence-electron chi connectivity index (χ1n) is 2.66. The van der Waals surface area contributed by atoms with Gasteiger partial charge in [-0.3, -0.25) is 0 Å². The van der Waals surface area contributed by atoms with Gasteiger partial charge in [0.05, 0.1) is 12.6 Å². The highest BCUT2D eigenvalue weighted by Gasteiger charge is 1.99. The monoisotopic (exact) mass is 167 g/mol. The van der Waals surface area contributed by atoms with Gasteiger partial charge in [-0.1, -0.05) is 0 Å². The average Bonchev–Trinajstić information content (AvgIpc) is 1.87. The number of alkyl halides is 1. The van der Waals surface area contributed by atoms with Crippen molar-refractivity contribution in [2.45, 2.75) is 6.92 Å². The van der Waals surface area contributed by atoms with E-state index < -0.39 is 0 Å². The molecule has 0 N–H and O–H groups in total. The van der Waals surface area contributed by atoms with Gasteiger partial charge in [0.1, 0.15) is 0 Å². The minimum atomic E-state index is 0.374. The first kappa shape index (κ1) is 8.98. The van der Waals surface area contributed by atoms with Crippen molar-refractivity contribution in [3.63, 3.8) is 0 Å². The van der Waals surface area contributed by atoms with Crippen molar-refractivity contribution < 1.29 is 4.74 Å². The Hall–Kier alpha value is -0.0200. The van der Waals surface area contributed by atoms with Crippen molar-refractivity contribution in [3.8, 4) is 0 Å². The molecule has 0 unspecified atom stereocenters. The molecular weight excluding hydrogens is 158 g/mol. The van der Waals surface area contributed by atoms with Gasteiger partial charge in [0.15, 0.2) is 0 Å². The van der Waals surface area contributed by atoms with E-state index >= 15 is 0 Å². The summed E-state index contributed by atoms with van der Waals surface area (Å²) in [4.78, 5) is 1.65. The Morgan fingerprint density at radius 1 is 1.78 bits per heavy atom. The molecule has 0 aromatic heterocycles. The molecule has 0 aliphatic carbocycles. The first-order valence-corrected chi connectivity index (χ1v) is 3.60. The third-order valence-corrected chi connectivity index (χ3v) is 1.55. The van der Waals surface area contributed by atoms with Gasteiger partial charge >= 0.3 is 0 Å². The molecule has 0 aromatic rings. The highest BCUT2D eigenvalue weighted by molar-refractivity contribution is 7.80. The molecule has 0 aliphatic heterocycles. The van der Waals surface area contributed by atoms with Gasteiger partial charge in [-0.25, -0.2) is 0 Å². The number of halogens is 1. The fraction of sp³-hybridized carbons (Fsp3) is 0.800. The van der Waals surface area contributed by atoms with E-state index in [9.17, 15) is 0 Å². The van der Waals surface area contributed by atoms with Crippen LogP contribution < -0.4 is 0 Å². The second-order valence-corrected chi connectivity index (χ2v) is 2.10. The Kier molecular flexibility index (Phi) is 4.81. The van der Waals surface area contributed by atoms with Gasteiger partial charge in [-0.2, -0.15) is 0 Å². The van der Waals surface area contributed by atoms with Crippen LogP contribution in [0.2, 0.25) is 0 Å². The van der Waals surface area contributed by atoms with Crippen LogP contribution in [-0.4, -0.2) is 29.7 Å². The molecule has 0 atom stereocenters. The Morgan fingerprint density at radius 2 is 2.33 bits per heavy atom. The van der Waals surface area contributed by atoms with Crippen molar-refractivity contribution in [2.75, 3.05) is 19.7 Å². The summed E-state index contributed by atoms with van der Waals surface area (Å²) in [6.45, 7) is 2.48. The zero-order valence-electron chi connectivity index (χ0n) is 5.56. The van der Waals surface area contributed by atoms with Gasteiger partial charge in [-0.05, 0) is 19.1 Å². The highest BCUT2D eigenvalue weighted by Crippen LogP contribution is 1.91. The van der Waals surface area contributed by atoms with E-state index in [-0.39, 0.29) is 0 Å². The third kappa shape index (κ3) is 3.54. The zero-order chi connectivity index (χ0) is 7.28. The SMILES string of the molecule is CCOC(=S)N(C)CCl. The van der Waals surface area contributed by atoms with E-state index in [1.54, 1.807) is 11.9 Å². The number of rotatable bonds is 2. The molecule has 4 heteroatoms. The van der Waals surface area contributed by atoms with Crippen molar-refractivity contribution >= 4 is 29.0 Å². The summed E-state index contributed by atoms with van der Waals surface area (Å²) in [6.07, 6.45) is 0. The number of ether oxygens (including phenoxy) is 1. The molecule has 0 heterocycles. The van der Waals surface area contributed by atoms with Crippen LogP contribution in [0.1, 0.15) is 6.92 Å². The molecule has 9 heavy (non-hydrogen) atoms. The summed E-state index contributed by atoms with van der Waals surface area (Å²) in [5.41, 5.74) is 0. The van der Waals surface area contributed by atoms with Crippen molar-refractivity contribution in [3.05, 3.63) is 0 Å². The molecule has 0 fully saturated rings. The standard InChI is InChI=1S/C5H10ClNOS/c1-3-8-5(9)7(2)4-6/h3-4H2,1-2H3. The minimum Gasteiger partial charge on any atom is -0.471 e. The van der Waals surface area contributed by atoms with Crippen LogP contribution in [0.5, 0.6) is 0 Å². The van der Waals surface area contributed by atoms with Crippen LogP contribution in [0.15, 0.2) is 0 Å². The lowest BCUT2D eigenvalue weighted by Crippen LogP contribution is -2.25. The fourth-order valence-electron chi connectivity index (χ4n) is 0.282. The predicted octanol–water partition coefficient (Wildman–Crippen LogP) is 1.44. The largest absolute Gasteiger partial charge is 0.471 e. The molecule has 0 spiro atoms. The van der Waals surface area contributed by atoms with Crippen LogP contribution in [0.25, 0.3) is 0 Å². The summed E-state index contributed by atoms with van der Waals surface area (Å²) >= 11 is 10.2. The number of nitrogens with zero attached hydrogens (tertiary/aromatic N) is 1. The Morgan fingerprint density at radius 3 is 2.67 bits per heavy atom.